The van der Waals surface area contributed by atoms with Crippen molar-refractivity contribution >= 4 is 22.9 Å². The number of hydrogen-bond donors (Lipinski definition) is 1. The monoisotopic (exact) mass is 668 g/mol. The molecule has 2 heterocycles. The Morgan fingerprint density at radius 1 is 0.939 bits per heavy atom. The summed E-state index contributed by atoms with van der Waals surface area (Å²) in [4.78, 5) is 34.1. The van der Waals surface area contributed by atoms with Gasteiger partial charge in [0.05, 0.1) is 28.9 Å². The Kier molecular flexibility index (Phi) is 9.73. The number of aromatic nitrogens is 3. The number of rotatable bonds is 12. The number of pyridine rings is 1. The van der Waals surface area contributed by atoms with E-state index < -0.39 is 23.2 Å². The molecule has 1 fully saturated rings. The predicted octanol–water partition coefficient (Wildman–Crippen LogP) is 7.04. The molecule has 1 N–H and O–H groups in total. The van der Waals surface area contributed by atoms with Gasteiger partial charge in [-0.3, -0.25) is 4.79 Å². The zero-order valence-electron chi connectivity index (χ0n) is 27.9. The molecular weight excluding hydrogens is 630 g/mol. The number of halogens is 2. The van der Waals surface area contributed by atoms with Gasteiger partial charge in [0.25, 0.3) is 5.91 Å². The molecule has 254 valence electrons. The molecule has 1 aliphatic rings. The molecule has 1 saturated carbocycles. The van der Waals surface area contributed by atoms with Crippen LogP contribution < -0.4 is 10.1 Å². The minimum Gasteiger partial charge on any atom is -0.473 e. The average molecular weight is 669 g/mol. The molecule has 5 aromatic rings. The van der Waals surface area contributed by atoms with Crippen molar-refractivity contribution in [2.24, 2.45) is 0 Å². The van der Waals surface area contributed by atoms with E-state index in [0.29, 0.717) is 41.1 Å². The SMILES string of the molecule is COCCn1c(Cc2cc(F)c(-c3cccc(OCc4ccc(C(=O)NC5CC5)cc4)n3)cc2F)nc2ccc(C(=O)OC(C)(C)C)cc21. The summed E-state index contributed by atoms with van der Waals surface area (Å²) in [7, 11) is 1.57. The zero-order chi connectivity index (χ0) is 34.7. The van der Waals surface area contributed by atoms with Crippen LogP contribution in [0.2, 0.25) is 0 Å². The van der Waals surface area contributed by atoms with Crippen molar-refractivity contribution in [2.75, 3.05) is 13.7 Å². The Bertz CT molecular complexity index is 2000. The largest absolute Gasteiger partial charge is 0.473 e. The third-order valence-electron chi connectivity index (χ3n) is 7.98. The van der Waals surface area contributed by atoms with E-state index in [-0.39, 0.29) is 47.7 Å². The van der Waals surface area contributed by atoms with Crippen molar-refractivity contribution in [1.82, 2.24) is 19.9 Å². The summed E-state index contributed by atoms with van der Waals surface area (Å²) in [5, 5.41) is 2.96. The summed E-state index contributed by atoms with van der Waals surface area (Å²) < 4.78 is 49.7. The van der Waals surface area contributed by atoms with Gasteiger partial charge in [0.2, 0.25) is 5.88 Å². The Hall–Kier alpha value is -5.16. The van der Waals surface area contributed by atoms with E-state index in [9.17, 15) is 9.59 Å². The number of benzene rings is 3. The Morgan fingerprint density at radius 3 is 2.41 bits per heavy atom. The van der Waals surface area contributed by atoms with E-state index in [2.05, 4.69) is 15.3 Å². The number of amides is 1. The molecule has 1 aliphatic carbocycles. The standard InChI is InChI=1S/C38H38F2N4O5/c1-38(2,3)49-37(46)25-12-15-32-33(19-25)44(16-17-47-4)34(42-32)20-26-18-30(40)28(21-29(26)39)31-6-5-7-35(43-31)48-22-23-8-10-24(11-9-23)36(45)41-27-13-14-27/h5-12,15,18-19,21,27H,13-14,16-17,20,22H2,1-4H3,(H,41,45). The van der Waals surface area contributed by atoms with E-state index in [1.165, 1.54) is 0 Å². The minimum absolute atomic E-state index is 0.000802. The van der Waals surface area contributed by atoms with Crippen LogP contribution in [0.25, 0.3) is 22.3 Å². The summed E-state index contributed by atoms with van der Waals surface area (Å²) in [6, 6.07) is 19.6. The third-order valence-corrected chi connectivity index (χ3v) is 7.98. The molecule has 11 heteroatoms. The molecule has 6 rings (SSSR count). The summed E-state index contributed by atoms with van der Waals surface area (Å²) in [5.74, 6) is -1.09. The molecule has 0 atom stereocenters. The van der Waals surface area contributed by atoms with Crippen LogP contribution in [0.1, 0.15) is 71.3 Å². The number of methoxy groups -OCH3 is 1. The van der Waals surface area contributed by atoms with Gasteiger partial charge in [-0.2, -0.15) is 0 Å². The molecule has 0 aliphatic heterocycles. The number of carbonyl (C=O) groups excluding carboxylic acids is 2. The normalized spacial score (nSPS) is 13.0. The van der Waals surface area contributed by atoms with Crippen molar-refractivity contribution < 1.29 is 32.6 Å². The maximum absolute atomic E-state index is 15.6. The molecule has 0 radical (unpaired) electrons. The maximum Gasteiger partial charge on any atom is 0.338 e. The van der Waals surface area contributed by atoms with Crippen molar-refractivity contribution in [2.45, 2.75) is 64.8 Å². The highest BCUT2D eigenvalue weighted by atomic mass is 19.1. The lowest BCUT2D eigenvalue weighted by atomic mass is 10.0. The molecule has 0 unspecified atom stereocenters. The van der Waals surface area contributed by atoms with Gasteiger partial charge < -0.3 is 24.1 Å². The molecule has 0 bridgehead atoms. The van der Waals surface area contributed by atoms with E-state index in [1.54, 1.807) is 76.4 Å². The van der Waals surface area contributed by atoms with Crippen molar-refractivity contribution in [3.05, 3.63) is 113 Å². The lowest BCUT2D eigenvalue weighted by Gasteiger charge is -2.19. The Balaban J connectivity index is 1.19. The number of nitrogens with one attached hydrogen (secondary N) is 1. The van der Waals surface area contributed by atoms with Gasteiger partial charge in [-0.25, -0.2) is 23.5 Å². The van der Waals surface area contributed by atoms with Crippen LogP contribution >= 0.6 is 0 Å². The fraction of sp³-hybridized carbons (Fsp3) is 0.316. The molecular formula is C38H38F2N4O5. The van der Waals surface area contributed by atoms with Crippen molar-refractivity contribution in [3.63, 3.8) is 0 Å². The third kappa shape index (κ3) is 8.29. The second kappa shape index (κ2) is 14.1. The number of ether oxygens (including phenoxy) is 3. The van der Waals surface area contributed by atoms with Crippen LogP contribution in [0.5, 0.6) is 5.88 Å². The molecule has 2 aromatic heterocycles. The Morgan fingerprint density at radius 2 is 1.69 bits per heavy atom. The lowest BCUT2D eigenvalue weighted by molar-refractivity contribution is 0.00695. The Labute approximate surface area is 283 Å². The molecule has 0 spiro atoms. The van der Waals surface area contributed by atoms with Crippen LogP contribution in [-0.4, -0.2) is 51.8 Å². The first kappa shape index (κ1) is 33.7. The van der Waals surface area contributed by atoms with Crippen LogP contribution in [-0.2, 0) is 29.0 Å². The summed E-state index contributed by atoms with van der Waals surface area (Å²) in [6.45, 7) is 6.30. The van der Waals surface area contributed by atoms with Crippen molar-refractivity contribution in [1.29, 1.82) is 0 Å². The van der Waals surface area contributed by atoms with Crippen LogP contribution in [0.15, 0.2) is 72.8 Å². The fourth-order valence-corrected chi connectivity index (χ4v) is 5.35. The van der Waals surface area contributed by atoms with E-state index >= 15 is 8.78 Å². The van der Waals surface area contributed by atoms with Gasteiger partial charge >= 0.3 is 5.97 Å². The number of carbonyl (C=O) groups is 2. The predicted molar refractivity (Wildman–Crippen MR) is 180 cm³/mol. The molecule has 9 nitrogen and oxygen atoms in total. The van der Waals surface area contributed by atoms with Crippen LogP contribution in [0, 0.1) is 11.6 Å². The second-order valence-electron chi connectivity index (χ2n) is 13.1. The zero-order valence-corrected chi connectivity index (χ0v) is 27.9. The number of hydrogen-bond acceptors (Lipinski definition) is 7. The number of esters is 1. The summed E-state index contributed by atoms with van der Waals surface area (Å²) in [6.07, 6.45) is 2.04. The lowest BCUT2D eigenvalue weighted by Crippen LogP contribution is -2.25. The average Bonchev–Trinajstić information content (AvgIpc) is 3.82. The topological polar surface area (TPSA) is 105 Å². The highest BCUT2D eigenvalue weighted by Gasteiger charge is 2.24. The first-order chi connectivity index (χ1) is 23.5. The molecule has 49 heavy (non-hydrogen) atoms. The smallest absolute Gasteiger partial charge is 0.338 e. The van der Waals surface area contributed by atoms with Gasteiger partial charge in [-0.1, -0.05) is 18.2 Å². The van der Waals surface area contributed by atoms with Crippen LogP contribution in [0.3, 0.4) is 0 Å². The van der Waals surface area contributed by atoms with Gasteiger partial charge in [0, 0.05) is 43.3 Å². The number of imidazole rings is 1. The summed E-state index contributed by atoms with van der Waals surface area (Å²) >= 11 is 0. The van der Waals surface area contributed by atoms with Gasteiger partial charge in [0.1, 0.15) is 29.7 Å². The van der Waals surface area contributed by atoms with Gasteiger partial charge in [-0.15, -0.1) is 0 Å². The van der Waals surface area contributed by atoms with Crippen LogP contribution in [0.4, 0.5) is 8.78 Å². The number of nitrogens with zero attached hydrogens (tertiary/aromatic N) is 3. The van der Waals surface area contributed by atoms with Gasteiger partial charge in [-0.05, 0) is 93.3 Å². The fourth-order valence-electron chi connectivity index (χ4n) is 5.35. The highest BCUT2D eigenvalue weighted by Crippen LogP contribution is 2.29. The first-order valence-electron chi connectivity index (χ1n) is 16.2. The molecule has 3 aromatic carbocycles. The molecule has 1 amide bonds. The number of fused-ring (bicyclic) bond motifs is 1. The van der Waals surface area contributed by atoms with E-state index in [0.717, 1.165) is 30.5 Å². The van der Waals surface area contributed by atoms with E-state index in [1.807, 2.05) is 16.7 Å². The highest BCUT2D eigenvalue weighted by molar-refractivity contribution is 5.95. The van der Waals surface area contributed by atoms with Gasteiger partial charge in [0.15, 0.2) is 0 Å². The maximum atomic E-state index is 15.6. The summed E-state index contributed by atoms with van der Waals surface area (Å²) in [5.41, 5.74) is 2.69. The van der Waals surface area contributed by atoms with Crippen molar-refractivity contribution in [3.8, 4) is 17.1 Å². The second-order valence-corrected chi connectivity index (χ2v) is 13.1. The van der Waals surface area contributed by atoms with E-state index in [4.69, 9.17) is 14.2 Å². The minimum atomic E-state index is -0.659. The first-order valence-corrected chi connectivity index (χ1v) is 16.2. The quantitative estimate of drug-likeness (QED) is 0.142. The molecule has 0 saturated heterocycles.